The van der Waals surface area contributed by atoms with Crippen molar-refractivity contribution in [3.8, 4) is 0 Å². The third-order valence-electron chi connectivity index (χ3n) is 6.60. The molecule has 3 aliphatic carbocycles. The molecule has 3 N–H and O–H groups in total. The fraction of sp³-hybridized carbons (Fsp3) is 0.700. The number of aliphatic hydroxyl groups is 3. The van der Waals surface area contributed by atoms with Gasteiger partial charge in [-0.2, -0.15) is 0 Å². The maximum atomic E-state index is 12.7. The highest BCUT2D eigenvalue weighted by atomic mass is 16.3. The molecule has 1 fully saturated rings. The third-order valence-corrected chi connectivity index (χ3v) is 6.60. The van der Waals surface area contributed by atoms with Gasteiger partial charge in [-0.1, -0.05) is 32.9 Å². The van der Waals surface area contributed by atoms with Crippen molar-refractivity contribution in [1.82, 2.24) is 0 Å². The normalized spacial score (nSPS) is 44.2. The molecule has 0 bridgehead atoms. The van der Waals surface area contributed by atoms with Crippen LogP contribution in [-0.2, 0) is 9.59 Å². The van der Waals surface area contributed by atoms with Gasteiger partial charge in [-0.3, -0.25) is 9.59 Å². The van der Waals surface area contributed by atoms with E-state index in [1.165, 1.54) is 0 Å². The zero-order valence-electron chi connectivity index (χ0n) is 15.3. The first-order valence-electron chi connectivity index (χ1n) is 9.08. The van der Waals surface area contributed by atoms with Crippen LogP contribution in [0.1, 0.15) is 40.5 Å². The zero-order valence-corrected chi connectivity index (χ0v) is 15.3. The van der Waals surface area contributed by atoms with Gasteiger partial charge in [-0.15, -0.1) is 0 Å². The Morgan fingerprint density at radius 3 is 2.44 bits per heavy atom. The molecule has 25 heavy (non-hydrogen) atoms. The third kappa shape index (κ3) is 2.40. The first kappa shape index (κ1) is 18.5. The lowest BCUT2D eigenvalue weighted by Crippen LogP contribution is -2.62. The van der Waals surface area contributed by atoms with E-state index in [4.69, 9.17) is 0 Å². The molecule has 3 rings (SSSR count). The second-order valence-corrected chi connectivity index (χ2v) is 8.49. The molecule has 0 heterocycles. The van der Waals surface area contributed by atoms with E-state index in [2.05, 4.69) is 0 Å². The van der Waals surface area contributed by atoms with Crippen molar-refractivity contribution in [1.29, 1.82) is 0 Å². The first-order valence-corrected chi connectivity index (χ1v) is 9.08. The predicted molar refractivity (Wildman–Crippen MR) is 92.5 cm³/mol. The molecular formula is C20H28O5. The Kier molecular flexibility index (Phi) is 4.34. The molecule has 6 atom stereocenters. The number of fused-ring (bicyclic) bond motifs is 3. The Labute approximate surface area is 148 Å². The molecule has 0 aliphatic heterocycles. The van der Waals surface area contributed by atoms with Gasteiger partial charge < -0.3 is 15.3 Å². The Balaban J connectivity index is 2.24. The molecule has 0 aromatic heterocycles. The summed E-state index contributed by atoms with van der Waals surface area (Å²) in [5.41, 5.74) is -2.21. The summed E-state index contributed by atoms with van der Waals surface area (Å²) in [6.45, 7) is 7.05. The summed E-state index contributed by atoms with van der Waals surface area (Å²) in [6.07, 6.45) is 3.65. The molecule has 1 saturated carbocycles. The van der Waals surface area contributed by atoms with Crippen molar-refractivity contribution in [2.75, 3.05) is 6.61 Å². The van der Waals surface area contributed by atoms with Crippen molar-refractivity contribution in [2.45, 2.75) is 51.7 Å². The summed E-state index contributed by atoms with van der Waals surface area (Å²) >= 11 is 0. The molecule has 0 saturated heterocycles. The number of Topliss-reactive ketones (excluding diaryl/α,β-unsaturated/α-hetero) is 2. The smallest absolute Gasteiger partial charge is 0.190 e. The molecule has 0 amide bonds. The molecule has 0 aromatic rings. The number of carbonyl (C=O) groups excluding carboxylic acids is 2. The maximum Gasteiger partial charge on any atom is 0.190 e. The summed E-state index contributed by atoms with van der Waals surface area (Å²) in [5, 5.41) is 32.8. The van der Waals surface area contributed by atoms with Crippen LogP contribution in [0.5, 0.6) is 0 Å². The van der Waals surface area contributed by atoms with Crippen molar-refractivity contribution in [2.24, 2.45) is 29.6 Å². The van der Waals surface area contributed by atoms with E-state index in [-0.39, 0.29) is 37.1 Å². The van der Waals surface area contributed by atoms with Crippen LogP contribution in [0.2, 0.25) is 0 Å². The molecule has 0 spiro atoms. The second kappa shape index (κ2) is 5.86. The van der Waals surface area contributed by atoms with Gasteiger partial charge in [0.1, 0.15) is 11.4 Å². The Bertz CT molecular complexity index is 676. The highest BCUT2D eigenvalue weighted by Crippen LogP contribution is 2.56. The SMILES string of the molecule is CC1=CC2C(O)(CC(CO)=CC3C(C(C)C)C(=O)CC(C)C32O)C1=O. The number of hydrogen-bond acceptors (Lipinski definition) is 5. The molecule has 6 unspecified atom stereocenters. The standard InChI is InChI=1S/C20H28O5/c1-10(2)17-14-7-13(9-21)8-19(24)16(5-11(3)18(19)23)20(14,25)12(4)6-15(17)22/h5,7,10,12,14,16-17,21,24-25H,6,8-9H2,1-4H3. The predicted octanol–water partition coefficient (Wildman–Crippen LogP) is 1.41. The molecule has 0 aromatic carbocycles. The van der Waals surface area contributed by atoms with E-state index in [0.717, 1.165) is 0 Å². The van der Waals surface area contributed by atoms with Crippen LogP contribution in [0.4, 0.5) is 0 Å². The largest absolute Gasteiger partial charge is 0.392 e. The zero-order chi connectivity index (χ0) is 18.7. The van der Waals surface area contributed by atoms with Gasteiger partial charge in [-0.25, -0.2) is 0 Å². The highest BCUT2D eigenvalue weighted by molar-refractivity contribution is 6.05. The van der Waals surface area contributed by atoms with Crippen LogP contribution >= 0.6 is 0 Å². The summed E-state index contributed by atoms with van der Waals surface area (Å²) in [6, 6.07) is 0. The molecule has 5 heteroatoms. The van der Waals surface area contributed by atoms with Crippen LogP contribution < -0.4 is 0 Å². The number of hydrogen-bond donors (Lipinski definition) is 3. The molecular weight excluding hydrogens is 320 g/mol. The monoisotopic (exact) mass is 348 g/mol. The van der Waals surface area contributed by atoms with Crippen LogP contribution in [0, 0.1) is 29.6 Å². The van der Waals surface area contributed by atoms with E-state index in [9.17, 15) is 24.9 Å². The topological polar surface area (TPSA) is 94.8 Å². The lowest BCUT2D eigenvalue weighted by molar-refractivity contribution is -0.181. The fourth-order valence-corrected chi connectivity index (χ4v) is 5.38. The minimum atomic E-state index is -1.75. The lowest BCUT2D eigenvalue weighted by Gasteiger charge is -2.52. The average molecular weight is 348 g/mol. The molecule has 138 valence electrons. The van der Waals surface area contributed by atoms with Crippen LogP contribution in [0.15, 0.2) is 23.3 Å². The summed E-state index contributed by atoms with van der Waals surface area (Å²) in [4.78, 5) is 25.4. The van der Waals surface area contributed by atoms with Gasteiger partial charge in [0.05, 0.1) is 12.2 Å². The maximum absolute atomic E-state index is 12.7. The first-order chi connectivity index (χ1) is 11.6. The number of carbonyl (C=O) groups is 2. The molecule has 5 nitrogen and oxygen atoms in total. The average Bonchev–Trinajstić information content (AvgIpc) is 2.69. The summed E-state index contributed by atoms with van der Waals surface area (Å²) in [5.74, 6) is -2.37. The van der Waals surface area contributed by atoms with Gasteiger partial charge in [0, 0.05) is 30.6 Å². The molecule has 3 aliphatic rings. The number of rotatable bonds is 2. The van der Waals surface area contributed by atoms with E-state index in [0.29, 0.717) is 11.1 Å². The Hall–Kier alpha value is -1.30. The number of aliphatic hydroxyl groups excluding tert-OH is 1. The Morgan fingerprint density at radius 2 is 1.88 bits per heavy atom. The van der Waals surface area contributed by atoms with Crippen molar-refractivity contribution in [3.63, 3.8) is 0 Å². The van der Waals surface area contributed by atoms with Gasteiger partial charge in [0.2, 0.25) is 0 Å². The van der Waals surface area contributed by atoms with Gasteiger partial charge in [0.15, 0.2) is 5.78 Å². The second-order valence-electron chi connectivity index (χ2n) is 8.49. The molecule has 0 radical (unpaired) electrons. The van der Waals surface area contributed by atoms with E-state index < -0.39 is 34.7 Å². The van der Waals surface area contributed by atoms with Crippen LogP contribution in [0.25, 0.3) is 0 Å². The number of ketones is 2. The van der Waals surface area contributed by atoms with E-state index in [1.54, 1.807) is 19.1 Å². The highest BCUT2D eigenvalue weighted by Gasteiger charge is 2.65. The summed E-state index contributed by atoms with van der Waals surface area (Å²) in [7, 11) is 0. The van der Waals surface area contributed by atoms with Crippen LogP contribution in [-0.4, -0.2) is 44.7 Å². The minimum Gasteiger partial charge on any atom is -0.392 e. The van der Waals surface area contributed by atoms with Crippen molar-refractivity contribution < 1.29 is 24.9 Å². The van der Waals surface area contributed by atoms with Gasteiger partial charge in [-0.05, 0) is 29.9 Å². The minimum absolute atomic E-state index is 0.00856. The lowest BCUT2D eigenvalue weighted by atomic mass is 9.55. The van der Waals surface area contributed by atoms with Gasteiger partial charge in [0.25, 0.3) is 0 Å². The van der Waals surface area contributed by atoms with Crippen molar-refractivity contribution in [3.05, 3.63) is 23.3 Å². The summed E-state index contributed by atoms with van der Waals surface area (Å²) < 4.78 is 0. The Morgan fingerprint density at radius 1 is 1.24 bits per heavy atom. The van der Waals surface area contributed by atoms with E-state index >= 15 is 0 Å². The fourth-order valence-electron chi connectivity index (χ4n) is 5.38. The van der Waals surface area contributed by atoms with Crippen LogP contribution in [0.3, 0.4) is 0 Å². The quantitative estimate of drug-likeness (QED) is 0.656. The van der Waals surface area contributed by atoms with Gasteiger partial charge >= 0.3 is 0 Å². The van der Waals surface area contributed by atoms with E-state index in [1.807, 2.05) is 20.8 Å². The van der Waals surface area contributed by atoms with Crippen molar-refractivity contribution >= 4 is 11.6 Å².